The fourth-order valence-electron chi connectivity index (χ4n) is 1.18. The maximum atomic E-state index is 12.6. The molecule has 0 aliphatic rings. The second kappa shape index (κ2) is 4.94. The Morgan fingerprint density at radius 3 is 2.64 bits per heavy atom. The Balaban J connectivity index is 3.36. The van der Waals surface area contributed by atoms with Gasteiger partial charge >= 0.3 is 0 Å². The number of aliphatic hydroxyl groups excluding tert-OH is 1. The number of aromatic nitrogens is 1. The molecular formula is C8H9F2IN2O. The smallest absolute Gasteiger partial charge is 0.266 e. The number of nitrogens with zero attached hydrogens (tertiary/aromatic N) is 1. The molecule has 0 radical (unpaired) electrons. The normalized spacial score (nSPS) is 11.0. The lowest BCUT2D eigenvalue weighted by molar-refractivity contribution is 0.144. The lowest BCUT2D eigenvalue weighted by atomic mass is 10.1. The van der Waals surface area contributed by atoms with E-state index in [1.165, 1.54) is 6.20 Å². The van der Waals surface area contributed by atoms with Gasteiger partial charge in [-0.1, -0.05) is 0 Å². The van der Waals surface area contributed by atoms with Crippen molar-refractivity contribution in [1.29, 1.82) is 0 Å². The van der Waals surface area contributed by atoms with E-state index >= 15 is 0 Å². The average Bonchev–Trinajstić information content (AvgIpc) is 2.17. The Hall–Kier alpha value is -0.340. The molecule has 1 aromatic rings. The zero-order valence-electron chi connectivity index (χ0n) is 7.17. The first kappa shape index (κ1) is 11.7. The molecule has 0 spiro atoms. The highest BCUT2D eigenvalue weighted by atomic mass is 127. The third kappa shape index (κ3) is 2.18. The number of hydrogen-bond acceptors (Lipinski definition) is 3. The molecule has 3 N–H and O–H groups in total. The summed E-state index contributed by atoms with van der Waals surface area (Å²) in [7, 11) is 0. The van der Waals surface area contributed by atoms with E-state index in [0.717, 1.165) is 0 Å². The van der Waals surface area contributed by atoms with Crippen molar-refractivity contribution in [3.8, 4) is 0 Å². The average molecular weight is 314 g/mol. The first-order chi connectivity index (χ1) is 6.61. The first-order valence-electron chi connectivity index (χ1n) is 3.87. The standard InChI is InChI=1S/C8H9F2IN2O/c9-8(10)7-4(1-12)5(11)2-13-6(7)3-14/h2,8,14H,1,3,12H2. The van der Waals surface area contributed by atoms with E-state index in [2.05, 4.69) is 4.98 Å². The van der Waals surface area contributed by atoms with Crippen LogP contribution in [0.2, 0.25) is 0 Å². The highest BCUT2D eigenvalue weighted by Crippen LogP contribution is 2.28. The molecule has 0 aromatic carbocycles. The van der Waals surface area contributed by atoms with E-state index < -0.39 is 13.0 Å². The Kier molecular flexibility index (Phi) is 4.14. The van der Waals surface area contributed by atoms with Crippen LogP contribution >= 0.6 is 22.6 Å². The summed E-state index contributed by atoms with van der Waals surface area (Å²) < 4.78 is 25.9. The van der Waals surface area contributed by atoms with Crippen molar-refractivity contribution < 1.29 is 13.9 Å². The van der Waals surface area contributed by atoms with Crippen molar-refractivity contribution in [3.63, 3.8) is 0 Å². The molecule has 0 saturated heterocycles. The molecule has 1 rings (SSSR count). The Labute approximate surface area is 93.5 Å². The van der Waals surface area contributed by atoms with Crippen LogP contribution in [0.15, 0.2) is 6.20 Å². The molecule has 0 saturated carbocycles. The maximum Gasteiger partial charge on any atom is 0.266 e. The zero-order chi connectivity index (χ0) is 10.7. The van der Waals surface area contributed by atoms with Gasteiger partial charge in [-0.15, -0.1) is 0 Å². The highest BCUT2D eigenvalue weighted by Gasteiger charge is 2.19. The first-order valence-corrected chi connectivity index (χ1v) is 4.94. The van der Waals surface area contributed by atoms with Crippen molar-refractivity contribution in [2.45, 2.75) is 19.6 Å². The second-order valence-corrected chi connectivity index (χ2v) is 3.77. The molecule has 0 amide bonds. The number of nitrogens with two attached hydrogens (primary N) is 1. The van der Waals surface area contributed by atoms with E-state index in [9.17, 15) is 8.78 Å². The summed E-state index contributed by atoms with van der Waals surface area (Å²) in [6, 6.07) is 0. The number of hydrogen-bond donors (Lipinski definition) is 2. The molecule has 3 nitrogen and oxygen atoms in total. The van der Waals surface area contributed by atoms with Gasteiger partial charge in [0.25, 0.3) is 6.43 Å². The minimum Gasteiger partial charge on any atom is -0.390 e. The topological polar surface area (TPSA) is 59.1 Å². The molecule has 78 valence electrons. The van der Waals surface area contributed by atoms with Crippen molar-refractivity contribution in [2.75, 3.05) is 0 Å². The SMILES string of the molecule is NCc1c(I)cnc(CO)c1C(F)F. The largest absolute Gasteiger partial charge is 0.390 e. The molecule has 6 heteroatoms. The predicted octanol–water partition coefficient (Wildman–Crippen LogP) is 1.57. The lowest BCUT2D eigenvalue weighted by Crippen LogP contribution is -2.10. The number of pyridine rings is 1. The van der Waals surface area contributed by atoms with Crippen LogP contribution in [-0.2, 0) is 13.2 Å². The van der Waals surface area contributed by atoms with E-state index in [1.54, 1.807) is 0 Å². The van der Waals surface area contributed by atoms with Gasteiger partial charge in [0.1, 0.15) is 0 Å². The fourth-order valence-corrected chi connectivity index (χ4v) is 1.83. The maximum absolute atomic E-state index is 12.6. The third-order valence-electron chi connectivity index (χ3n) is 1.83. The van der Waals surface area contributed by atoms with Crippen LogP contribution in [0.5, 0.6) is 0 Å². The lowest BCUT2D eigenvalue weighted by Gasteiger charge is -2.12. The van der Waals surface area contributed by atoms with Crippen LogP contribution < -0.4 is 5.73 Å². The predicted molar refractivity (Wildman–Crippen MR) is 55.7 cm³/mol. The van der Waals surface area contributed by atoms with Gasteiger partial charge in [0.2, 0.25) is 0 Å². The van der Waals surface area contributed by atoms with Gasteiger partial charge in [-0.2, -0.15) is 0 Å². The summed E-state index contributed by atoms with van der Waals surface area (Å²) in [5.41, 5.74) is 5.49. The van der Waals surface area contributed by atoms with Crippen LogP contribution in [-0.4, -0.2) is 10.1 Å². The van der Waals surface area contributed by atoms with Crippen LogP contribution in [0.4, 0.5) is 8.78 Å². The molecule has 1 aromatic heterocycles. The summed E-state index contributed by atoms with van der Waals surface area (Å²) in [5, 5.41) is 8.84. The van der Waals surface area contributed by atoms with Crippen LogP contribution in [0.25, 0.3) is 0 Å². The fraction of sp³-hybridized carbons (Fsp3) is 0.375. The summed E-state index contributed by atoms with van der Waals surface area (Å²) >= 11 is 1.89. The van der Waals surface area contributed by atoms with Gasteiger partial charge in [-0.05, 0) is 28.2 Å². The zero-order valence-corrected chi connectivity index (χ0v) is 9.33. The number of alkyl halides is 2. The van der Waals surface area contributed by atoms with E-state index in [4.69, 9.17) is 10.8 Å². The molecule has 0 aliphatic carbocycles. The highest BCUT2D eigenvalue weighted by molar-refractivity contribution is 14.1. The van der Waals surface area contributed by atoms with Gasteiger partial charge in [-0.3, -0.25) is 4.98 Å². The third-order valence-corrected chi connectivity index (χ3v) is 2.76. The quantitative estimate of drug-likeness (QED) is 0.833. The van der Waals surface area contributed by atoms with Crippen molar-refractivity contribution in [1.82, 2.24) is 4.98 Å². The van der Waals surface area contributed by atoms with E-state index in [-0.39, 0.29) is 17.8 Å². The number of aliphatic hydroxyl groups is 1. The Morgan fingerprint density at radius 1 is 1.57 bits per heavy atom. The molecule has 0 aliphatic heterocycles. The summed E-state index contributed by atoms with van der Waals surface area (Å²) in [6.45, 7) is -0.475. The molecule has 14 heavy (non-hydrogen) atoms. The van der Waals surface area contributed by atoms with Crippen molar-refractivity contribution in [3.05, 3.63) is 26.6 Å². The summed E-state index contributed by atoms with van der Waals surface area (Å²) in [6.07, 6.45) is -1.22. The van der Waals surface area contributed by atoms with Gasteiger partial charge in [0, 0.05) is 21.9 Å². The Bertz CT molecular complexity index is 333. The second-order valence-electron chi connectivity index (χ2n) is 2.61. The van der Waals surface area contributed by atoms with Crippen LogP contribution in [0.3, 0.4) is 0 Å². The van der Waals surface area contributed by atoms with Crippen molar-refractivity contribution in [2.24, 2.45) is 5.73 Å². The molecular weight excluding hydrogens is 305 g/mol. The molecule has 0 atom stereocenters. The Morgan fingerprint density at radius 2 is 2.21 bits per heavy atom. The minimum absolute atomic E-state index is 0.000802. The van der Waals surface area contributed by atoms with E-state index in [0.29, 0.717) is 9.13 Å². The van der Waals surface area contributed by atoms with E-state index in [1.807, 2.05) is 22.6 Å². The monoisotopic (exact) mass is 314 g/mol. The molecule has 0 fully saturated rings. The van der Waals surface area contributed by atoms with Crippen molar-refractivity contribution >= 4 is 22.6 Å². The summed E-state index contributed by atoms with van der Waals surface area (Å²) in [5.74, 6) is 0. The number of rotatable bonds is 3. The van der Waals surface area contributed by atoms with Crippen LogP contribution in [0, 0.1) is 3.57 Å². The minimum atomic E-state index is -2.65. The summed E-state index contributed by atoms with van der Waals surface area (Å²) in [4.78, 5) is 3.73. The van der Waals surface area contributed by atoms with Crippen LogP contribution in [0.1, 0.15) is 23.2 Å². The molecule has 1 heterocycles. The molecule has 0 bridgehead atoms. The van der Waals surface area contributed by atoms with Gasteiger partial charge in [-0.25, -0.2) is 8.78 Å². The van der Waals surface area contributed by atoms with Gasteiger partial charge < -0.3 is 10.8 Å². The number of halogens is 3. The van der Waals surface area contributed by atoms with Gasteiger partial charge in [0.05, 0.1) is 12.3 Å². The molecule has 0 unspecified atom stereocenters. The van der Waals surface area contributed by atoms with Gasteiger partial charge in [0.15, 0.2) is 0 Å².